The summed E-state index contributed by atoms with van der Waals surface area (Å²) in [5.41, 5.74) is 6.00. The van der Waals surface area contributed by atoms with E-state index in [0.29, 0.717) is 18.1 Å². The lowest BCUT2D eigenvalue weighted by molar-refractivity contribution is 0.301. The lowest BCUT2D eigenvalue weighted by Gasteiger charge is -2.24. The lowest BCUT2D eigenvalue weighted by Crippen LogP contribution is -2.27. The molecule has 0 saturated carbocycles. The molecule has 5 rings (SSSR count). The van der Waals surface area contributed by atoms with Crippen molar-refractivity contribution in [2.75, 3.05) is 18.1 Å². The number of aromatic nitrogens is 3. The van der Waals surface area contributed by atoms with Gasteiger partial charge in [0.1, 0.15) is 12.1 Å². The van der Waals surface area contributed by atoms with Crippen LogP contribution in [-0.2, 0) is 6.54 Å². The molecule has 170 valence electrons. The summed E-state index contributed by atoms with van der Waals surface area (Å²) in [4.78, 5) is 11.5. The van der Waals surface area contributed by atoms with Crippen molar-refractivity contribution in [2.45, 2.75) is 13.5 Å². The maximum Gasteiger partial charge on any atom is 0.150 e. The van der Waals surface area contributed by atoms with Gasteiger partial charge in [-0.2, -0.15) is 0 Å². The van der Waals surface area contributed by atoms with E-state index >= 15 is 0 Å². The van der Waals surface area contributed by atoms with Crippen molar-refractivity contribution in [2.24, 2.45) is 0 Å². The number of aliphatic hydroxyl groups is 1. The highest BCUT2D eigenvalue weighted by Crippen LogP contribution is 2.37. The summed E-state index contributed by atoms with van der Waals surface area (Å²) in [7, 11) is 0. The van der Waals surface area contributed by atoms with Gasteiger partial charge >= 0.3 is 0 Å². The number of benzene rings is 3. The van der Waals surface area contributed by atoms with Crippen LogP contribution in [0.3, 0.4) is 0 Å². The molecule has 0 unspecified atom stereocenters. The van der Waals surface area contributed by atoms with E-state index in [1.165, 1.54) is 0 Å². The molecule has 0 aliphatic carbocycles. The second kappa shape index (κ2) is 9.67. The highest BCUT2D eigenvalue weighted by Gasteiger charge is 2.21. The summed E-state index contributed by atoms with van der Waals surface area (Å²) >= 11 is 6.47. The van der Waals surface area contributed by atoms with Crippen molar-refractivity contribution in [3.63, 3.8) is 0 Å². The monoisotopic (exact) mass is 468 g/mol. The minimum atomic E-state index is 0.0211. The van der Waals surface area contributed by atoms with Gasteiger partial charge in [0.15, 0.2) is 5.65 Å². The molecule has 0 aliphatic rings. The third kappa shape index (κ3) is 4.28. The van der Waals surface area contributed by atoms with Gasteiger partial charge in [-0.3, -0.25) is 0 Å². The van der Waals surface area contributed by atoms with Crippen LogP contribution in [0.15, 0.2) is 91.4 Å². The molecule has 0 spiro atoms. The van der Waals surface area contributed by atoms with Gasteiger partial charge in [-0.25, -0.2) is 9.97 Å². The normalized spacial score (nSPS) is 11.1. The van der Waals surface area contributed by atoms with Crippen LogP contribution in [-0.4, -0.2) is 32.8 Å². The van der Waals surface area contributed by atoms with E-state index in [9.17, 15) is 5.11 Å². The van der Waals surface area contributed by atoms with Gasteiger partial charge in [0.05, 0.1) is 12.0 Å². The van der Waals surface area contributed by atoms with Crippen LogP contribution in [0.4, 0.5) is 5.82 Å². The maximum atomic E-state index is 9.87. The minimum absolute atomic E-state index is 0.0211. The standard InChI is InChI=1S/C28H25ClN4O/c1-20-12-13-23(16-25(20)29)33-18-24(22-10-6-3-7-11-22)26-27(30-19-31-28(26)33)32(14-15-34)17-21-8-4-2-5-9-21/h2-13,16,18-19,34H,14-15,17H2,1H3. The Hall–Kier alpha value is -3.67. The second-order valence-electron chi connectivity index (χ2n) is 8.24. The molecule has 1 N–H and O–H groups in total. The number of fused-ring (bicyclic) bond motifs is 1. The van der Waals surface area contributed by atoms with Crippen LogP contribution < -0.4 is 4.90 Å². The van der Waals surface area contributed by atoms with E-state index in [1.54, 1.807) is 6.33 Å². The molecule has 2 aromatic heterocycles. The fraction of sp³-hybridized carbons (Fsp3) is 0.143. The average molecular weight is 469 g/mol. The first-order valence-electron chi connectivity index (χ1n) is 11.2. The van der Waals surface area contributed by atoms with E-state index < -0.39 is 0 Å². The molecule has 0 radical (unpaired) electrons. The number of aliphatic hydroxyl groups excluding tert-OH is 1. The van der Waals surface area contributed by atoms with Crippen molar-refractivity contribution in [3.05, 3.63) is 108 Å². The van der Waals surface area contributed by atoms with Gasteiger partial charge < -0.3 is 14.6 Å². The summed E-state index contributed by atoms with van der Waals surface area (Å²) in [5.74, 6) is 0.790. The molecule has 5 nitrogen and oxygen atoms in total. The summed E-state index contributed by atoms with van der Waals surface area (Å²) in [5, 5.41) is 11.5. The SMILES string of the molecule is Cc1ccc(-n2cc(-c3ccccc3)c3c(N(CCO)Cc4ccccc4)ncnc32)cc1Cl. The van der Waals surface area contributed by atoms with Crippen LogP contribution in [0.1, 0.15) is 11.1 Å². The fourth-order valence-corrected chi connectivity index (χ4v) is 4.41. The Morgan fingerprint density at radius 2 is 1.68 bits per heavy atom. The average Bonchev–Trinajstić information content (AvgIpc) is 3.27. The number of hydrogen-bond donors (Lipinski definition) is 1. The van der Waals surface area contributed by atoms with E-state index in [-0.39, 0.29) is 6.61 Å². The van der Waals surface area contributed by atoms with Gasteiger partial charge in [-0.1, -0.05) is 78.3 Å². The summed E-state index contributed by atoms with van der Waals surface area (Å²) < 4.78 is 2.06. The third-order valence-electron chi connectivity index (χ3n) is 5.97. The highest BCUT2D eigenvalue weighted by atomic mass is 35.5. The van der Waals surface area contributed by atoms with Crippen LogP contribution in [0.25, 0.3) is 27.8 Å². The zero-order valence-corrected chi connectivity index (χ0v) is 19.7. The number of rotatable bonds is 7. The second-order valence-corrected chi connectivity index (χ2v) is 8.65. The molecule has 5 aromatic rings. The largest absolute Gasteiger partial charge is 0.395 e. The topological polar surface area (TPSA) is 54.2 Å². The van der Waals surface area contributed by atoms with Crippen molar-refractivity contribution in [1.82, 2.24) is 14.5 Å². The first kappa shape index (κ1) is 22.1. The van der Waals surface area contributed by atoms with Crippen molar-refractivity contribution in [3.8, 4) is 16.8 Å². The summed E-state index contributed by atoms with van der Waals surface area (Å²) in [6.07, 6.45) is 3.69. The minimum Gasteiger partial charge on any atom is -0.395 e. The Balaban J connectivity index is 1.74. The molecular formula is C28H25ClN4O. The highest BCUT2D eigenvalue weighted by molar-refractivity contribution is 6.31. The van der Waals surface area contributed by atoms with Crippen molar-refractivity contribution < 1.29 is 5.11 Å². The Morgan fingerprint density at radius 3 is 2.38 bits per heavy atom. The van der Waals surface area contributed by atoms with Crippen LogP contribution in [0.2, 0.25) is 5.02 Å². The molecule has 6 heteroatoms. The van der Waals surface area contributed by atoms with E-state index in [4.69, 9.17) is 16.6 Å². The Labute approximate surface area is 203 Å². The lowest BCUT2D eigenvalue weighted by atomic mass is 10.1. The molecule has 34 heavy (non-hydrogen) atoms. The van der Waals surface area contributed by atoms with E-state index in [2.05, 4.69) is 44.9 Å². The first-order chi connectivity index (χ1) is 16.7. The quantitative estimate of drug-likeness (QED) is 0.316. The Bertz CT molecular complexity index is 1420. The molecule has 3 aromatic carbocycles. The Kier molecular flexibility index (Phi) is 6.30. The maximum absolute atomic E-state index is 9.87. The number of halogens is 1. The zero-order valence-electron chi connectivity index (χ0n) is 18.9. The van der Waals surface area contributed by atoms with Gasteiger partial charge in [0, 0.05) is 35.6 Å². The number of aryl methyl sites for hydroxylation is 1. The van der Waals surface area contributed by atoms with Crippen LogP contribution in [0, 0.1) is 6.92 Å². The molecular weight excluding hydrogens is 444 g/mol. The van der Waals surface area contributed by atoms with Crippen molar-refractivity contribution in [1.29, 1.82) is 0 Å². The molecule has 2 heterocycles. The number of nitrogens with zero attached hydrogens (tertiary/aromatic N) is 4. The molecule has 0 atom stereocenters. The summed E-state index contributed by atoms with van der Waals surface area (Å²) in [6, 6.07) is 26.5. The Morgan fingerprint density at radius 1 is 0.941 bits per heavy atom. The van der Waals surface area contributed by atoms with E-state index in [0.717, 1.165) is 44.8 Å². The molecule has 0 bridgehead atoms. The first-order valence-corrected chi connectivity index (χ1v) is 11.6. The predicted molar refractivity (Wildman–Crippen MR) is 139 cm³/mol. The molecule has 0 aliphatic heterocycles. The smallest absolute Gasteiger partial charge is 0.150 e. The van der Waals surface area contributed by atoms with Crippen LogP contribution in [0.5, 0.6) is 0 Å². The molecule has 0 amide bonds. The van der Waals surface area contributed by atoms with Gasteiger partial charge in [-0.15, -0.1) is 0 Å². The fourth-order valence-electron chi connectivity index (χ4n) is 4.23. The predicted octanol–water partition coefficient (Wildman–Crippen LogP) is 6.05. The summed E-state index contributed by atoms with van der Waals surface area (Å²) in [6.45, 7) is 3.10. The molecule has 0 fully saturated rings. The number of anilines is 1. The van der Waals surface area contributed by atoms with E-state index in [1.807, 2.05) is 61.5 Å². The third-order valence-corrected chi connectivity index (χ3v) is 6.37. The molecule has 0 saturated heterocycles. The van der Waals surface area contributed by atoms with Gasteiger partial charge in [-0.05, 0) is 35.7 Å². The zero-order chi connectivity index (χ0) is 23.5. The van der Waals surface area contributed by atoms with Gasteiger partial charge in [0.2, 0.25) is 0 Å². The van der Waals surface area contributed by atoms with Crippen LogP contribution >= 0.6 is 11.6 Å². The van der Waals surface area contributed by atoms with Gasteiger partial charge in [0.25, 0.3) is 0 Å². The van der Waals surface area contributed by atoms with Crippen molar-refractivity contribution >= 4 is 28.5 Å². The number of hydrogen-bond acceptors (Lipinski definition) is 4.